The van der Waals surface area contributed by atoms with Crippen LogP contribution in [0.5, 0.6) is 0 Å². The highest BCUT2D eigenvalue weighted by Crippen LogP contribution is 2.14. The molecule has 2 atom stereocenters. The molecular formula is C17H23NO5S2. The number of thioether (sulfide) groups is 1. The molecule has 1 aromatic carbocycles. The summed E-state index contributed by atoms with van der Waals surface area (Å²) in [5.74, 6) is -0.0370. The number of hydrogen-bond donors (Lipinski definition) is 1. The molecule has 0 bridgehead atoms. The molecule has 1 amide bonds. The third kappa shape index (κ3) is 6.70. The van der Waals surface area contributed by atoms with Crippen LogP contribution in [0.1, 0.15) is 24.5 Å². The first-order chi connectivity index (χ1) is 11.7. The minimum Gasteiger partial charge on any atom is -0.452 e. The lowest BCUT2D eigenvalue weighted by atomic mass is 10.2. The second-order valence-corrected chi connectivity index (χ2v) is 9.43. The van der Waals surface area contributed by atoms with Crippen LogP contribution in [0.3, 0.4) is 0 Å². The first-order valence-corrected chi connectivity index (χ1v) is 11.1. The van der Waals surface area contributed by atoms with Crippen molar-refractivity contribution in [2.45, 2.75) is 38.2 Å². The number of benzene rings is 1. The van der Waals surface area contributed by atoms with E-state index in [-0.39, 0.29) is 17.3 Å². The molecule has 0 spiro atoms. The lowest BCUT2D eigenvalue weighted by Crippen LogP contribution is -2.42. The summed E-state index contributed by atoms with van der Waals surface area (Å²) in [4.78, 5) is 23.8. The highest BCUT2D eigenvalue weighted by molar-refractivity contribution is 7.99. The number of amides is 1. The predicted octanol–water partition coefficient (Wildman–Crippen LogP) is 1.46. The van der Waals surface area contributed by atoms with Gasteiger partial charge in [0.2, 0.25) is 0 Å². The molecule has 138 valence electrons. The maximum Gasteiger partial charge on any atom is 0.316 e. The van der Waals surface area contributed by atoms with E-state index in [0.717, 1.165) is 5.56 Å². The van der Waals surface area contributed by atoms with Crippen LogP contribution in [-0.4, -0.2) is 49.7 Å². The van der Waals surface area contributed by atoms with E-state index in [4.69, 9.17) is 4.74 Å². The van der Waals surface area contributed by atoms with Crippen molar-refractivity contribution < 1.29 is 22.7 Å². The molecule has 1 N–H and O–H groups in total. The SMILES string of the molecule is Cc1ccc(CSCC(=O)O[C@H](C)C(=O)N[C@@H]2CCS(=O)(=O)C2)cc1. The number of nitrogens with one attached hydrogen (secondary N) is 1. The van der Waals surface area contributed by atoms with Crippen LogP contribution in [0.25, 0.3) is 0 Å². The van der Waals surface area contributed by atoms with Crippen LogP contribution in [0.15, 0.2) is 24.3 Å². The van der Waals surface area contributed by atoms with Gasteiger partial charge in [0.25, 0.3) is 5.91 Å². The molecule has 1 aliphatic rings. The maximum absolute atomic E-state index is 12.0. The lowest BCUT2D eigenvalue weighted by molar-refractivity contribution is -0.152. The van der Waals surface area contributed by atoms with Crippen LogP contribution in [0.2, 0.25) is 0 Å². The molecule has 0 radical (unpaired) electrons. The molecule has 1 aliphatic heterocycles. The molecular weight excluding hydrogens is 362 g/mol. The van der Waals surface area contributed by atoms with E-state index >= 15 is 0 Å². The average Bonchev–Trinajstić information content (AvgIpc) is 2.88. The van der Waals surface area contributed by atoms with Gasteiger partial charge in [-0.05, 0) is 25.8 Å². The summed E-state index contributed by atoms with van der Waals surface area (Å²) < 4.78 is 27.9. The Bertz CT molecular complexity index is 715. The minimum atomic E-state index is -3.06. The Morgan fingerprint density at radius 2 is 2.00 bits per heavy atom. The zero-order valence-electron chi connectivity index (χ0n) is 14.4. The Kier molecular flexibility index (Phi) is 6.89. The number of ether oxygens (including phenoxy) is 1. The van der Waals surface area contributed by atoms with Crippen LogP contribution in [0, 0.1) is 6.92 Å². The van der Waals surface area contributed by atoms with Crippen molar-refractivity contribution in [2.24, 2.45) is 0 Å². The van der Waals surface area contributed by atoms with Crippen LogP contribution in [-0.2, 0) is 29.9 Å². The van der Waals surface area contributed by atoms with Crippen LogP contribution < -0.4 is 5.32 Å². The maximum atomic E-state index is 12.0. The number of hydrogen-bond acceptors (Lipinski definition) is 6. The molecule has 8 heteroatoms. The number of carbonyl (C=O) groups excluding carboxylic acids is 2. The van der Waals surface area contributed by atoms with Gasteiger partial charge >= 0.3 is 5.97 Å². The first-order valence-electron chi connectivity index (χ1n) is 8.09. The number of esters is 1. The highest BCUT2D eigenvalue weighted by Gasteiger charge is 2.30. The first kappa shape index (κ1) is 19.8. The van der Waals surface area contributed by atoms with Gasteiger partial charge in [0, 0.05) is 11.8 Å². The van der Waals surface area contributed by atoms with Crippen molar-refractivity contribution in [3.05, 3.63) is 35.4 Å². The fraction of sp³-hybridized carbons (Fsp3) is 0.529. The topological polar surface area (TPSA) is 89.5 Å². The molecule has 2 rings (SSSR count). The molecule has 1 heterocycles. The van der Waals surface area contributed by atoms with Crippen LogP contribution in [0.4, 0.5) is 0 Å². The Balaban J connectivity index is 1.68. The summed E-state index contributed by atoms with van der Waals surface area (Å²) in [5, 5.41) is 2.62. The molecule has 0 unspecified atom stereocenters. The van der Waals surface area contributed by atoms with E-state index in [1.807, 2.05) is 31.2 Å². The summed E-state index contributed by atoms with van der Waals surface area (Å²) in [5.41, 5.74) is 2.31. The Morgan fingerprint density at radius 1 is 1.32 bits per heavy atom. The largest absolute Gasteiger partial charge is 0.452 e. The van der Waals surface area contributed by atoms with Gasteiger partial charge in [-0.25, -0.2) is 8.42 Å². The van der Waals surface area contributed by atoms with Crippen molar-refractivity contribution in [3.8, 4) is 0 Å². The van der Waals surface area contributed by atoms with Gasteiger partial charge in [-0.3, -0.25) is 9.59 Å². The quantitative estimate of drug-likeness (QED) is 0.715. The van der Waals surface area contributed by atoms with Gasteiger partial charge in [-0.15, -0.1) is 11.8 Å². The Labute approximate surface area is 152 Å². The van der Waals surface area contributed by atoms with E-state index in [9.17, 15) is 18.0 Å². The number of rotatable bonds is 7. The van der Waals surface area contributed by atoms with E-state index in [0.29, 0.717) is 12.2 Å². The molecule has 0 aliphatic carbocycles. The molecule has 25 heavy (non-hydrogen) atoms. The normalized spacial score (nSPS) is 20.0. The Morgan fingerprint density at radius 3 is 2.60 bits per heavy atom. The average molecular weight is 386 g/mol. The fourth-order valence-corrected chi connectivity index (χ4v) is 4.89. The van der Waals surface area contributed by atoms with E-state index < -0.39 is 33.9 Å². The van der Waals surface area contributed by atoms with Crippen molar-refractivity contribution in [1.82, 2.24) is 5.32 Å². The molecule has 6 nitrogen and oxygen atoms in total. The van der Waals surface area contributed by atoms with Crippen molar-refractivity contribution in [3.63, 3.8) is 0 Å². The molecule has 1 fully saturated rings. The van der Waals surface area contributed by atoms with E-state index in [2.05, 4.69) is 5.32 Å². The number of carbonyl (C=O) groups is 2. The molecule has 0 saturated carbocycles. The summed E-state index contributed by atoms with van der Waals surface area (Å²) in [6, 6.07) is 7.67. The predicted molar refractivity (Wildman–Crippen MR) is 98.1 cm³/mol. The summed E-state index contributed by atoms with van der Waals surface area (Å²) in [7, 11) is -3.06. The molecule has 1 aromatic rings. The standard InChI is InChI=1S/C17H23NO5S2/c1-12-3-5-14(6-4-12)9-24-10-16(19)23-13(2)17(20)18-15-7-8-25(21,22)11-15/h3-6,13,15H,7-11H2,1-2H3,(H,18,20)/t13-,15-/m1/s1. The van der Waals surface area contributed by atoms with Gasteiger partial charge in [-0.1, -0.05) is 29.8 Å². The van der Waals surface area contributed by atoms with Gasteiger partial charge in [-0.2, -0.15) is 0 Å². The van der Waals surface area contributed by atoms with Crippen molar-refractivity contribution in [2.75, 3.05) is 17.3 Å². The zero-order chi connectivity index (χ0) is 18.4. The van der Waals surface area contributed by atoms with Crippen molar-refractivity contribution >= 4 is 33.5 Å². The molecule has 1 saturated heterocycles. The van der Waals surface area contributed by atoms with Crippen molar-refractivity contribution in [1.29, 1.82) is 0 Å². The van der Waals surface area contributed by atoms with Gasteiger partial charge < -0.3 is 10.1 Å². The summed E-state index contributed by atoms with van der Waals surface area (Å²) in [6.45, 7) is 3.50. The number of aryl methyl sites for hydroxylation is 1. The van der Waals surface area contributed by atoms with Crippen LogP contribution >= 0.6 is 11.8 Å². The smallest absolute Gasteiger partial charge is 0.316 e. The third-order valence-corrected chi connectivity index (χ3v) is 6.61. The van der Waals surface area contributed by atoms with Gasteiger partial charge in [0.05, 0.1) is 17.3 Å². The monoisotopic (exact) mass is 385 g/mol. The lowest BCUT2D eigenvalue weighted by Gasteiger charge is -2.16. The molecule has 0 aromatic heterocycles. The van der Waals surface area contributed by atoms with Gasteiger partial charge in [0.15, 0.2) is 15.9 Å². The summed E-state index contributed by atoms with van der Waals surface area (Å²) in [6.07, 6.45) is -0.531. The van der Waals surface area contributed by atoms with E-state index in [1.165, 1.54) is 24.2 Å². The Hall–Kier alpha value is -1.54. The highest BCUT2D eigenvalue weighted by atomic mass is 32.2. The number of sulfone groups is 1. The second-order valence-electron chi connectivity index (χ2n) is 6.22. The summed E-state index contributed by atoms with van der Waals surface area (Å²) >= 11 is 1.42. The van der Waals surface area contributed by atoms with E-state index in [1.54, 1.807) is 0 Å². The van der Waals surface area contributed by atoms with Gasteiger partial charge in [0.1, 0.15) is 0 Å². The third-order valence-electron chi connectivity index (χ3n) is 3.87. The fourth-order valence-electron chi connectivity index (χ4n) is 2.45. The zero-order valence-corrected chi connectivity index (χ0v) is 16.0. The second kappa shape index (κ2) is 8.71. The minimum absolute atomic E-state index is 0.0498.